The molecular weight excluding hydrogens is 268 g/mol. The van der Waals surface area contributed by atoms with Gasteiger partial charge in [-0.15, -0.1) is 10.2 Å². The van der Waals surface area contributed by atoms with Crippen molar-refractivity contribution in [2.24, 2.45) is 0 Å². The van der Waals surface area contributed by atoms with Crippen LogP contribution in [-0.2, 0) is 11.3 Å². The van der Waals surface area contributed by atoms with Crippen LogP contribution < -0.4 is 5.73 Å². The highest BCUT2D eigenvalue weighted by Crippen LogP contribution is 2.23. The topological polar surface area (TPSA) is 112 Å². The van der Waals surface area contributed by atoms with E-state index in [2.05, 4.69) is 15.2 Å². The van der Waals surface area contributed by atoms with Crippen molar-refractivity contribution in [1.29, 1.82) is 0 Å². The zero-order chi connectivity index (χ0) is 13.8. The Morgan fingerprint density at radius 1 is 1.58 bits per heavy atom. The molecule has 2 aromatic rings. The number of carboxylic acids is 1. The maximum absolute atomic E-state index is 10.6. The summed E-state index contributed by atoms with van der Waals surface area (Å²) in [6.07, 6.45) is 5.25. The van der Waals surface area contributed by atoms with Gasteiger partial charge in [0.25, 0.3) is 0 Å². The average molecular weight is 282 g/mol. The number of nitrogens with zero attached hydrogens (tertiary/aromatic N) is 5. The molecule has 0 bridgehead atoms. The van der Waals surface area contributed by atoms with Crippen LogP contribution >= 0.6 is 11.8 Å². The van der Waals surface area contributed by atoms with Crippen LogP contribution in [0.3, 0.4) is 0 Å². The largest absolute Gasteiger partial charge is 0.481 e. The summed E-state index contributed by atoms with van der Waals surface area (Å²) in [6.45, 7) is 2.62. The van der Waals surface area contributed by atoms with Crippen LogP contribution in [0.25, 0.3) is 0 Å². The van der Waals surface area contributed by atoms with E-state index in [4.69, 9.17) is 10.8 Å². The maximum Gasteiger partial charge on any atom is 0.313 e. The predicted molar refractivity (Wildman–Crippen MR) is 69.7 cm³/mol. The van der Waals surface area contributed by atoms with Crippen molar-refractivity contribution in [2.75, 3.05) is 11.5 Å². The molecule has 2 heterocycles. The highest BCUT2D eigenvalue weighted by molar-refractivity contribution is 7.99. The molecule has 1 unspecified atom stereocenters. The SMILES string of the molecule is CC(Cn1ccnc1)n1c(N)nnc1SCC(=O)O. The summed E-state index contributed by atoms with van der Waals surface area (Å²) in [7, 11) is 0. The van der Waals surface area contributed by atoms with Gasteiger partial charge in [0.1, 0.15) is 0 Å². The Bertz CT molecular complexity index is 552. The van der Waals surface area contributed by atoms with Crippen molar-refractivity contribution in [3.63, 3.8) is 0 Å². The van der Waals surface area contributed by atoms with Gasteiger partial charge in [0.2, 0.25) is 5.95 Å². The summed E-state index contributed by atoms with van der Waals surface area (Å²) >= 11 is 1.10. The fourth-order valence-corrected chi connectivity index (χ4v) is 2.47. The molecule has 19 heavy (non-hydrogen) atoms. The highest BCUT2D eigenvalue weighted by Gasteiger charge is 2.17. The first-order chi connectivity index (χ1) is 9.08. The Morgan fingerprint density at radius 2 is 2.37 bits per heavy atom. The molecule has 0 aromatic carbocycles. The molecule has 2 rings (SSSR count). The predicted octanol–water partition coefficient (Wildman–Crippen LogP) is 0.495. The summed E-state index contributed by atoms with van der Waals surface area (Å²) in [5.41, 5.74) is 5.78. The number of anilines is 1. The number of carboxylic acid groups (broad SMARTS) is 1. The van der Waals surface area contributed by atoms with Gasteiger partial charge < -0.3 is 15.4 Å². The molecule has 0 aliphatic carbocycles. The van der Waals surface area contributed by atoms with E-state index in [9.17, 15) is 4.79 Å². The number of nitrogens with two attached hydrogens (primary N) is 1. The number of hydrogen-bond donors (Lipinski definition) is 2. The average Bonchev–Trinajstić information content (AvgIpc) is 2.96. The molecule has 0 saturated heterocycles. The maximum atomic E-state index is 10.6. The fraction of sp³-hybridized carbons (Fsp3) is 0.400. The number of nitrogen functional groups attached to an aromatic ring is 1. The fourth-order valence-electron chi connectivity index (χ4n) is 1.71. The lowest BCUT2D eigenvalue weighted by atomic mass is 10.3. The minimum absolute atomic E-state index is 0.000458. The third kappa shape index (κ3) is 3.25. The molecule has 2 aromatic heterocycles. The van der Waals surface area contributed by atoms with Crippen molar-refractivity contribution >= 4 is 23.7 Å². The number of hydrogen-bond acceptors (Lipinski definition) is 6. The molecule has 0 aliphatic rings. The first kappa shape index (κ1) is 13.4. The van der Waals surface area contributed by atoms with Crippen molar-refractivity contribution in [3.05, 3.63) is 18.7 Å². The van der Waals surface area contributed by atoms with Gasteiger partial charge in [0.15, 0.2) is 5.16 Å². The van der Waals surface area contributed by atoms with Gasteiger partial charge in [-0.25, -0.2) is 4.98 Å². The second-order valence-electron chi connectivity index (χ2n) is 4.00. The third-order valence-electron chi connectivity index (χ3n) is 2.49. The number of carbonyl (C=O) groups is 1. The van der Waals surface area contributed by atoms with Gasteiger partial charge in [-0.2, -0.15) is 0 Å². The van der Waals surface area contributed by atoms with Crippen LogP contribution in [0.1, 0.15) is 13.0 Å². The summed E-state index contributed by atoms with van der Waals surface area (Å²) in [5, 5.41) is 16.9. The lowest BCUT2D eigenvalue weighted by Gasteiger charge is -2.16. The van der Waals surface area contributed by atoms with E-state index in [1.54, 1.807) is 17.1 Å². The Balaban J connectivity index is 2.13. The summed E-state index contributed by atoms with van der Waals surface area (Å²) in [6, 6.07) is 0.000458. The summed E-state index contributed by atoms with van der Waals surface area (Å²) in [5.74, 6) is -0.698. The van der Waals surface area contributed by atoms with Gasteiger partial charge >= 0.3 is 5.97 Å². The monoisotopic (exact) mass is 282 g/mol. The molecule has 1 atom stereocenters. The third-order valence-corrected chi connectivity index (χ3v) is 3.42. The minimum atomic E-state index is -0.902. The lowest BCUT2D eigenvalue weighted by Crippen LogP contribution is -2.15. The van der Waals surface area contributed by atoms with Crippen LogP contribution in [0, 0.1) is 0 Å². The van der Waals surface area contributed by atoms with Gasteiger partial charge in [-0.1, -0.05) is 11.8 Å². The Kier molecular flexibility index (Phi) is 4.05. The second kappa shape index (κ2) is 5.74. The molecule has 9 heteroatoms. The van der Waals surface area contributed by atoms with Gasteiger partial charge in [0, 0.05) is 18.9 Å². The summed E-state index contributed by atoms with van der Waals surface area (Å²) in [4.78, 5) is 14.6. The van der Waals surface area contributed by atoms with Crippen molar-refractivity contribution < 1.29 is 9.90 Å². The first-order valence-corrected chi connectivity index (χ1v) is 6.57. The van der Waals surface area contributed by atoms with E-state index in [0.717, 1.165) is 11.8 Å². The van der Waals surface area contributed by atoms with Gasteiger partial charge in [-0.05, 0) is 6.92 Å². The molecular formula is C10H14N6O2S. The van der Waals surface area contributed by atoms with E-state index in [-0.39, 0.29) is 17.7 Å². The molecule has 0 fully saturated rings. The second-order valence-corrected chi connectivity index (χ2v) is 4.94. The van der Waals surface area contributed by atoms with E-state index < -0.39 is 5.97 Å². The number of imidazole rings is 1. The molecule has 0 radical (unpaired) electrons. The number of rotatable bonds is 6. The van der Waals surface area contributed by atoms with Crippen molar-refractivity contribution in [1.82, 2.24) is 24.3 Å². The highest BCUT2D eigenvalue weighted by atomic mass is 32.2. The standard InChI is InChI=1S/C10H14N6O2S/c1-7(4-15-3-2-12-6-15)16-9(11)13-14-10(16)19-5-8(17)18/h2-3,6-7H,4-5H2,1H3,(H2,11,13)(H,17,18). The van der Waals surface area contributed by atoms with Crippen LogP contribution in [0.2, 0.25) is 0 Å². The smallest absolute Gasteiger partial charge is 0.313 e. The van der Waals surface area contributed by atoms with E-state index in [1.807, 2.05) is 17.7 Å². The first-order valence-electron chi connectivity index (χ1n) is 5.58. The van der Waals surface area contributed by atoms with Crippen LogP contribution in [0.5, 0.6) is 0 Å². The quantitative estimate of drug-likeness (QED) is 0.742. The van der Waals surface area contributed by atoms with E-state index >= 15 is 0 Å². The minimum Gasteiger partial charge on any atom is -0.481 e. The van der Waals surface area contributed by atoms with Crippen LogP contribution in [0.4, 0.5) is 5.95 Å². The molecule has 0 spiro atoms. The van der Waals surface area contributed by atoms with E-state index in [1.165, 1.54) is 0 Å². The lowest BCUT2D eigenvalue weighted by molar-refractivity contribution is -0.133. The van der Waals surface area contributed by atoms with Gasteiger partial charge in [-0.3, -0.25) is 9.36 Å². The number of aliphatic carboxylic acids is 1. The molecule has 0 aliphatic heterocycles. The molecule has 8 nitrogen and oxygen atoms in total. The van der Waals surface area contributed by atoms with Crippen LogP contribution in [-0.4, -0.2) is 41.1 Å². The molecule has 3 N–H and O–H groups in total. The normalized spacial score (nSPS) is 12.5. The van der Waals surface area contributed by atoms with Crippen molar-refractivity contribution in [2.45, 2.75) is 24.7 Å². The van der Waals surface area contributed by atoms with Crippen molar-refractivity contribution in [3.8, 4) is 0 Å². The van der Waals surface area contributed by atoms with Crippen LogP contribution in [0.15, 0.2) is 23.9 Å². The van der Waals surface area contributed by atoms with E-state index in [0.29, 0.717) is 11.7 Å². The Labute approximate surface area is 113 Å². The zero-order valence-corrected chi connectivity index (χ0v) is 11.1. The Hall–Kier alpha value is -2.03. The number of aromatic nitrogens is 5. The zero-order valence-electron chi connectivity index (χ0n) is 10.3. The summed E-state index contributed by atoms with van der Waals surface area (Å²) < 4.78 is 3.64. The molecule has 0 amide bonds. The molecule has 0 saturated carbocycles. The Morgan fingerprint density at radius 3 is 3.00 bits per heavy atom. The molecule has 102 valence electrons. The number of thioether (sulfide) groups is 1. The van der Waals surface area contributed by atoms with Gasteiger partial charge in [0.05, 0.1) is 18.1 Å².